The molecule has 11 heteroatoms. The van der Waals surface area contributed by atoms with Gasteiger partial charge in [0, 0.05) is 12.1 Å². The normalized spacial score (nSPS) is 11.8. The number of hydrogen-bond donors (Lipinski definition) is 2. The van der Waals surface area contributed by atoms with Crippen molar-refractivity contribution in [2.75, 3.05) is 11.9 Å². The van der Waals surface area contributed by atoms with Gasteiger partial charge in [-0.1, -0.05) is 5.16 Å². The van der Waals surface area contributed by atoms with E-state index >= 15 is 0 Å². The Morgan fingerprint density at radius 2 is 2.00 bits per heavy atom. The van der Waals surface area contributed by atoms with Crippen LogP contribution in [0.1, 0.15) is 11.7 Å². The van der Waals surface area contributed by atoms with Crippen molar-refractivity contribution in [1.29, 1.82) is 0 Å². The Bertz CT molecular complexity index is 673. The minimum absolute atomic E-state index is 0. The van der Waals surface area contributed by atoms with Gasteiger partial charge in [-0.3, -0.25) is 4.99 Å². The van der Waals surface area contributed by atoms with Gasteiger partial charge < -0.3 is 20.3 Å². The van der Waals surface area contributed by atoms with Crippen LogP contribution in [0.5, 0.6) is 5.75 Å². The summed E-state index contributed by atoms with van der Waals surface area (Å²) >= 11 is 0. The molecule has 1 aromatic heterocycles. The van der Waals surface area contributed by atoms with E-state index in [9.17, 15) is 13.2 Å². The van der Waals surface area contributed by atoms with Crippen molar-refractivity contribution in [1.82, 2.24) is 10.1 Å². The maximum absolute atomic E-state index is 12.0. The summed E-state index contributed by atoms with van der Waals surface area (Å²) in [6, 6.07) is 5.13. The van der Waals surface area contributed by atoms with Crippen molar-refractivity contribution in [3.63, 3.8) is 0 Å². The molecule has 0 aliphatic carbocycles. The number of hydrogen-bond acceptors (Lipinski definition) is 5. The standard InChI is InChI=1S/C13H14F3N5O2.HI/c1-8-19-11(23-21-8)6-7-18-12(17)20-9-2-4-10(5-3-9)22-13(14,15)16;/h2-5H,6-7H2,1H3,(H3,17,18,20);1H. The Balaban J connectivity index is 0.00000288. The van der Waals surface area contributed by atoms with E-state index in [0.717, 1.165) is 0 Å². The van der Waals surface area contributed by atoms with E-state index in [1.807, 2.05) is 0 Å². The molecule has 7 nitrogen and oxygen atoms in total. The van der Waals surface area contributed by atoms with E-state index in [0.29, 0.717) is 30.4 Å². The van der Waals surface area contributed by atoms with Gasteiger partial charge in [0.25, 0.3) is 0 Å². The van der Waals surface area contributed by atoms with Gasteiger partial charge >= 0.3 is 6.36 Å². The van der Waals surface area contributed by atoms with Crippen LogP contribution in [-0.4, -0.2) is 29.0 Å². The summed E-state index contributed by atoms with van der Waals surface area (Å²) in [5, 5.41) is 6.39. The van der Waals surface area contributed by atoms with E-state index in [1.165, 1.54) is 24.3 Å². The molecule has 0 bridgehead atoms. The highest BCUT2D eigenvalue weighted by Crippen LogP contribution is 2.23. The molecular weight excluding hydrogens is 442 g/mol. The minimum atomic E-state index is -4.72. The number of halogens is 4. The summed E-state index contributed by atoms with van der Waals surface area (Å²) in [4.78, 5) is 8.07. The second kappa shape index (κ2) is 8.70. The summed E-state index contributed by atoms with van der Waals surface area (Å²) in [7, 11) is 0. The van der Waals surface area contributed by atoms with E-state index in [4.69, 9.17) is 10.3 Å². The minimum Gasteiger partial charge on any atom is -0.406 e. The second-order valence-corrected chi connectivity index (χ2v) is 4.45. The van der Waals surface area contributed by atoms with Crippen molar-refractivity contribution in [2.45, 2.75) is 19.7 Å². The molecule has 0 spiro atoms. The number of aryl methyl sites for hydroxylation is 1. The fourth-order valence-electron chi connectivity index (χ4n) is 1.64. The van der Waals surface area contributed by atoms with Crippen LogP contribution in [0.4, 0.5) is 18.9 Å². The number of guanidine groups is 1. The summed E-state index contributed by atoms with van der Waals surface area (Å²) in [6.45, 7) is 2.04. The monoisotopic (exact) mass is 457 g/mol. The van der Waals surface area contributed by atoms with E-state index in [1.54, 1.807) is 6.92 Å². The number of nitrogens with zero attached hydrogens (tertiary/aromatic N) is 3. The number of aromatic nitrogens is 2. The van der Waals surface area contributed by atoms with E-state index < -0.39 is 6.36 Å². The number of nitrogens with one attached hydrogen (secondary N) is 1. The molecule has 0 aliphatic heterocycles. The highest BCUT2D eigenvalue weighted by Gasteiger charge is 2.30. The Morgan fingerprint density at radius 1 is 1.33 bits per heavy atom. The SMILES string of the molecule is Cc1noc(CCN=C(N)Nc2ccc(OC(F)(F)F)cc2)n1.I. The fourth-order valence-corrected chi connectivity index (χ4v) is 1.64. The fraction of sp³-hybridized carbons (Fsp3) is 0.308. The number of benzene rings is 1. The largest absolute Gasteiger partial charge is 0.573 e. The smallest absolute Gasteiger partial charge is 0.406 e. The maximum Gasteiger partial charge on any atom is 0.573 e. The molecule has 0 fully saturated rings. The van der Waals surface area contributed by atoms with Gasteiger partial charge in [0.05, 0.1) is 6.54 Å². The van der Waals surface area contributed by atoms with Crippen LogP contribution in [0, 0.1) is 6.92 Å². The zero-order chi connectivity index (χ0) is 16.9. The molecule has 132 valence electrons. The van der Waals surface area contributed by atoms with Gasteiger partial charge in [0.1, 0.15) is 5.75 Å². The van der Waals surface area contributed by atoms with Crippen molar-refractivity contribution < 1.29 is 22.4 Å². The maximum atomic E-state index is 12.0. The molecule has 0 unspecified atom stereocenters. The Kier molecular flexibility index (Phi) is 7.25. The van der Waals surface area contributed by atoms with Crippen molar-refractivity contribution in [3.8, 4) is 5.75 Å². The third-order valence-electron chi connectivity index (χ3n) is 2.54. The molecule has 2 aromatic rings. The van der Waals surface area contributed by atoms with Crippen molar-refractivity contribution >= 4 is 35.6 Å². The summed E-state index contributed by atoms with van der Waals surface area (Å²) in [5.74, 6) is 0.792. The van der Waals surface area contributed by atoms with Gasteiger partial charge in [0.2, 0.25) is 5.89 Å². The van der Waals surface area contributed by atoms with Crippen LogP contribution >= 0.6 is 24.0 Å². The zero-order valence-corrected chi connectivity index (χ0v) is 14.8. The molecule has 24 heavy (non-hydrogen) atoms. The van der Waals surface area contributed by atoms with Crippen molar-refractivity contribution in [3.05, 3.63) is 36.0 Å². The highest BCUT2D eigenvalue weighted by molar-refractivity contribution is 14.0. The van der Waals surface area contributed by atoms with E-state index in [-0.39, 0.29) is 35.7 Å². The number of aliphatic imine (C=N–C) groups is 1. The number of alkyl halides is 3. The van der Waals surface area contributed by atoms with Crippen molar-refractivity contribution in [2.24, 2.45) is 10.7 Å². The van der Waals surface area contributed by atoms with Gasteiger partial charge in [-0.25, -0.2) is 0 Å². The molecule has 0 saturated carbocycles. The molecule has 0 saturated heterocycles. The average molecular weight is 457 g/mol. The third-order valence-corrected chi connectivity index (χ3v) is 2.54. The molecular formula is C13H15F3IN5O2. The lowest BCUT2D eigenvalue weighted by atomic mass is 10.3. The quantitative estimate of drug-likeness (QED) is 0.407. The zero-order valence-electron chi connectivity index (χ0n) is 12.5. The summed E-state index contributed by atoms with van der Waals surface area (Å²) in [5.41, 5.74) is 6.16. The molecule has 0 atom stereocenters. The van der Waals surface area contributed by atoms with Crippen LogP contribution in [0.2, 0.25) is 0 Å². The molecule has 0 amide bonds. The van der Waals surface area contributed by atoms with Gasteiger partial charge in [-0.15, -0.1) is 37.1 Å². The summed E-state index contributed by atoms with van der Waals surface area (Å²) < 4.78 is 44.8. The van der Waals surface area contributed by atoms with Crippen LogP contribution in [0.3, 0.4) is 0 Å². The van der Waals surface area contributed by atoms with Crippen LogP contribution in [0.15, 0.2) is 33.8 Å². The summed E-state index contributed by atoms with van der Waals surface area (Å²) in [6.07, 6.45) is -4.29. The van der Waals surface area contributed by atoms with Gasteiger partial charge in [0.15, 0.2) is 11.8 Å². The van der Waals surface area contributed by atoms with Crippen LogP contribution in [0.25, 0.3) is 0 Å². The molecule has 0 aliphatic rings. The third kappa shape index (κ3) is 7.02. The Hall–Kier alpha value is -2.05. The number of ether oxygens (including phenoxy) is 1. The Morgan fingerprint density at radius 3 is 2.54 bits per heavy atom. The predicted molar refractivity (Wildman–Crippen MR) is 91.4 cm³/mol. The first-order chi connectivity index (χ1) is 10.8. The second-order valence-electron chi connectivity index (χ2n) is 4.45. The topological polar surface area (TPSA) is 98.6 Å². The molecule has 0 radical (unpaired) electrons. The first-order valence-electron chi connectivity index (χ1n) is 6.54. The molecule has 1 aromatic carbocycles. The number of nitrogens with two attached hydrogens (primary N) is 1. The lowest BCUT2D eigenvalue weighted by molar-refractivity contribution is -0.274. The molecule has 2 rings (SSSR count). The predicted octanol–water partition coefficient (Wildman–Crippen LogP) is 2.86. The van der Waals surface area contributed by atoms with Gasteiger partial charge in [-0.2, -0.15) is 4.98 Å². The number of rotatable bonds is 5. The highest BCUT2D eigenvalue weighted by atomic mass is 127. The lowest BCUT2D eigenvalue weighted by Crippen LogP contribution is -2.23. The van der Waals surface area contributed by atoms with Crippen LogP contribution in [-0.2, 0) is 6.42 Å². The first-order valence-corrected chi connectivity index (χ1v) is 6.54. The first kappa shape index (κ1) is 20.0. The molecule has 1 heterocycles. The molecule has 3 N–H and O–H groups in total. The van der Waals surface area contributed by atoms with Crippen LogP contribution < -0.4 is 15.8 Å². The lowest BCUT2D eigenvalue weighted by Gasteiger charge is -2.10. The van der Waals surface area contributed by atoms with Gasteiger partial charge in [-0.05, 0) is 31.2 Å². The Labute approximate surface area is 152 Å². The van der Waals surface area contributed by atoms with E-state index in [2.05, 4.69) is 25.2 Å². The average Bonchev–Trinajstić information content (AvgIpc) is 2.85. The number of anilines is 1.